The van der Waals surface area contributed by atoms with Crippen molar-refractivity contribution in [1.29, 1.82) is 0 Å². The summed E-state index contributed by atoms with van der Waals surface area (Å²) in [4.78, 5) is 36.3. The maximum Gasteiger partial charge on any atom is 0.335 e. The first kappa shape index (κ1) is 40.8. The van der Waals surface area contributed by atoms with Gasteiger partial charge in [-0.05, 0) is 69.0 Å². The number of ether oxygens (including phenoxy) is 5. The maximum absolute atomic E-state index is 12.8. The van der Waals surface area contributed by atoms with Gasteiger partial charge in [0.1, 0.15) is 24.1 Å². The molecule has 1 saturated heterocycles. The second kappa shape index (κ2) is 19.1. The highest BCUT2D eigenvalue weighted by molar-refractivity contribution is 5.89. The van der Waals surface area contributed by atoms with E-state index in [9.17, 15) is 34.8 Å². The molecule has 14 nitrogen and oxygen atoms in total. The van der Waals surface area contributed by atoms with E-state index in [1.165, 1.54) is 6.07 Å². The zero-order valence-corrected chi connectivity index (χ0v) is 29.4. The summed E-state index contributed by atoms with van der Waals surface area (Å²) < 4.78 is 27.9. The Bertz CT molecular complexity index is 1380. The van der Waals surface area contributed by atoms with Crippen molar-refractivity contribution in [2.75, 3.05) is 46.1 Å². The van der Waals surface area contributed by atoms with Gasteiger partial charge in [0, 0.05) is 25.1 Å². The van der Waals surface area contributed by atoms with Crippen LogP contribution in [0.25, 0.3) is 11.1 Å². The lowest BCUT2D eigenvalue weighted by Gasteiger charge is -2.38. The maximum atomic E-state index is 12.8. The second-order valence-corrected chi connectivity index (χ2v) is 13.5. The summed E-state index contributed by atoms with van der Waals surface area (Å²) >= 11 is 0. The van der Waals surface area contributed by atoms with Gasteiger partial charge in [0.2, 0.25) is 5.91 Å². The van der Waals surface area contributed by atoms with Crippen LogP contribution in [-0.4, -0.2) is 121 Å². The highest BCUT2D eigenvalue weighted by atomic mass is 16.7. The van der Waals surface area contributed by atoms with E-state index in [0.29, 0.717) is 31.7 Å². The van der Waals surface area contributed by atoms with E-state index < -0.39 is 47.7 Å². The largest absolute Gasteiger partial charge is 0.484 e. The molecule has 2 aromatic rings. The number of carbonyl (C=O) groups excluding carboxylic acids is 2. The average molecular weight is 705 g/mol. The molecule has 0 spiro atoms. The van der Waals surface area contributed by atoms with Crippen LogP contribution in [0.4, 0.5) is 0 Å². The predicted octanol–water partition coefficient (Wildman–Crippen LogP) is 2.13. The molecule has 6 N–H and O–H groups in total. The molecule has 0 bridgehead atoms. The Morgan fingerprint density at radius 3 is 2.24 bits per heavy atom. The number of carbonyl (C=O) groups is 3. The van der Waals surface area contributed by atoms with Crippen LogP contribution >= 0.6 is 0 Å². The Morgan fingerprint density at radius 1 is 0.820 bits per heavy atom. The molecule has 1 aliphatic heterocycles. The van der Waals surface area contributed by atoms with Gasteiger partial charge in [0.15, 0.2) is 12.9 Å². The number of carboxylic acids is 1. The lowest BCUT2D eigenvalue weighted by molar-refractivity contribution is -0.294. The van der Waals surface area contributed by atoms with E-state index in [1.54, 1.807) is 43.3 Å². The van der Waals surface area contributed by atoms with E-state index >= 15 is 0 Å². The van der Waals surface area contributed by atoms with Crippen molar-refractivity contribution in [2.24, 2.45) is 5.41 Å². The number of aromatic carboxylic acids is 1. The smallest absolute Gasteiger partial charge is 0.335 e. The lowest BCUT2D eigenvalue weighted by atomic mass is 9.88. The molecule has 5 atom stereocenters. The molecule has 1 aliphatic rings. The minimum absolute atomic E-state index is 0.0890. The molecular weight excluding hydrogens is 652 g/mol. The van der Waals surface area contributed by atoms with Crippen molar-refractivity contribution < 1.29 is 58.5 Å². The summed E-state index contributed by atoms with van der Waals surface area (Å²) in [6.45, 7) is 10.4. The van der Waals surface area contributed by atoms with Gasteiger partial charge in [-0.2, -0.15) is 0 Å². The number of hydrogen-bond donors (Lipinski definition) is 6. The molecule has 1 fully saturated rings. The summed E-state index contributed by atoms with van der Waals surface area (Å²) in [5.74, 6) is -0.903. The second-order valence-electron chi connectivity index (χ2n) is 13.5. The van der Waals surface area contributed by atoms with Crippen molar-refractivity contribution >= 4 is 17.8 Å². The molecule has 0 aromatic heterocycles. The molecule has 14 heteroatoms. The number of aliphatic hydroxyl groups is 3. The van der Waals surface area contributed by atoms with Crippen molar-refractivity contribution in [1.82, 2.24) is 10.6 Å². The molecular formula is C36H52N2O12. The molecule has 3 rings (SSSR count). The molecule has 0 radical (unpaired) electrons. The van der Waals surface area contributed by atoms with E-state index in [1.807, 2.05) is 33.8 Å². The molecule has 2 amide bonds. The molecule has 50 heavy (non-hydrogen) atoms. The third-order valence-corrected chi connectivity index (χ3v) is 8.40. The van der Waals surface area contributed by atoms with Crippen LogP contribution in [0.5, 0.6) is 5.75 Å². The summed E-state index contributed by atoms with van der Waals surface area (Å²) in [6, 6.07) is 13.7. The molecule has 2 aromatic carbocycles. The summed E-state index contributed by atoms with van der Waals surface area (Å²) in [7, 11) is 0. The number of nitrogens with one attached hydrogen (secondary N) is 2. The summed E-state index contributed by atoms with van der Waals surface area (Å²) in [5.41, 5.74) is 0.563. The Hall–Kier alpha value is -3.63. The zero-order chi connectivity index (χ0) is 36.9. The predicted molar refractivity (Wildman–Crippen MR) is 183 cm³/mol. The van der Waals surface area contributed by atoms with Crippen molar-refractivity contribution in [3.8, 4) is 16.9 Å². The van der Waals surface area contributed by atoms with E-state index in [-0.39, 0.29) is 50.4 Å². The van der Waals surface area contributed by atoms with Crippen LogP contribution in [0.1, 0.15) is 57.8 Å². The zero-order valence-electron chi connectivity index (χ0n) is 29.4. The standard InChI is InChI=1S/C36H52N2O12/c1-23-29(40)30(41)31(42)33(50-23)47-20-19-46-18-16-38-34(45)35(2,3)14-17-49-36(4,5)13-15-37-28(39)22-48-27-11-9-24(10-12-27)25-7-6-8-26(21-25)32(43)44/h6-12,21,23,29-31,33,40-42H,13-20,22H2,1-5H3,(H,37,39)(H,38,45)(H,43,44)/t23-,29-,30+,31+,33+/m0/s1. The minimum Gasteiger partial charge on any atom is -0.484 e. The third kappa shape index (κ3) is 12.9. The fourth-order valence-corrected chi connectivity index (χ4v) is 5.00. The monoisotopic (exact) mass is 704 g/mol. The van der Waals surface area contributed by atoms with Crippen LogP contribution in [0, 0.1) is 5.41 Å². The molecule has 1 heterocycles. The average Bonchev–Trinajstić information content (AvgIpc) is 3.08. The molecule has 0 aliphatic carbocycles. The van der Waals surface area contributed by atoms with E-state index in [0.717, 1.165) is 11.1 Å². The minimum atomic E-state index is -1.37. The number of rotatable bonds is 20. The quantitative estimate of drug-likeness (QED) is 0.110. The van der Waals surface area contributed by atoms with Gasteiger partial charge in [-0.15, -0.1) is 0 Å². The topological polar surface area (TPSA) is 202 Å². The van der Waals surface area contributed by atoms with Gasteiger partial charge in [0.05, 0.1) is 37.1 Å². The molecule has 0 unspecified atom stereocenters. The Kier molecular flexibility index (Phi) is 15.6. The van der Waals surface area contributed by atoms with E-state index in [2.05, 4.69) is 10.6 Å². The first-order chi connectivity index (χ1) is 23.6. The number of carboxylic acid groups (broad SMARTS) is 1. The van der Waals surface area contributed by atoms with Crippen LogP contribution in [0.15, 0.2) is 48.5 Å². The fourth-order valence-electron chi connectivity index (χ4n) is 5.00. The van der Waals surface area contributed by atoms with Crippen LogP contribution < -0.4 is 15.4 Å². The normalized spacial score (nSPS) is 21.0. The Balaban J connectivity index is 1.25. The number of benzene rings is 2. The first-order valence-electron chi connectivity index (χ1n) is 16.7. The van der Waals surface area contributed by atoms with Gasteiger partial charge in [0.25, 0.3) is 5.91 Å². The summed E-state index contributed by atoms with van der Waals surface area (Å²) in [5, 5.41) is 44.5. The van der Waals surface area contributed by atoms with Gasteiger partial charge in [-0.1, -0.05) is 38.1 Å². The first-order valence-corrected chi connectivity index (χ1v) is 16.7. The highest BCUT2D eigenvalue weighted by Crippen LogP contribution is 2.25. The van der Waals surface area contributed by atoms with Gasteiger partial charge in [-0.3, -0.25) is 9.59 Å². The van der Waals surface area contributed by atoms with Crippen molar-refractivity contribution in [3.05, 3.63) is 54.1 Å². The molecule has 278 valence electrons. The van der Waals surface area contributed by atoms with Crippen LogP contribution in [-0.2, 0) is 28.5 Å². The Labute approximate surface area is 293 Å². The molecule has 0 saturated carbocycles. The number of hydrogen-bond acceptors (Lipinski definition) is 11. The fraction of sp³-hybridized carbons (Fsp3) is 0.583. The van der Waals surface area contributed by atoms with Gasteiger partial charge >= 0.3 is 5.97 Å². The van der Waals surface area contributed by atoms with Crippen molar-refractivity contribution in [2.45, 2.75) is 83.8 Å². The Morgan fingerprint density at radius 2 is 1.54 bits per heavy atom. The van der Waals surface area contributed by atoms with Crippen LogP contribution in [0.3, 0.4) is 0 Å². The lowest BCUT2D eigenvalue weighted by Crippen LogP contribution is -2.57. The number of amides is 2. The third-order valence-electron chi connectivity index (χ3n) is 8.40. The van der Waals surface area contributed by atoms with Crippen LogP contribution in [0.2, 0.25) is 0 Å². The number of aliphatic hydroxyl groups excluding tert-OH is 3. The van der Waals surface area contributed by atoms with Crippen molar-refractivity contribution in [3.63, 3.8) is 0 Å². The highest BCUT2D eigenvalue weighted by Gasteiger charge is 2.42. The van der Waals surface area contributed by atoms with E-state index in [4.69, 9.17) is 23.7 Å². The van der Waals surface area contributed by atoms with Gasteiger partial charge in [-0.25, -0.2) is 4.79 Å². The SMILES string of the molecule is C[C@@H]1O[C@@H](OCCOCCNC(=O)C(C)(C)CCOC(C)(C)CCNC(=O)COc2ccc(-c3cccc(C(=O)O)c3)cc2)[C@H](O)[C@H](O)[C@H]1O. The summed E-state index contributed by atoms with van der Waals surface area (Å²) in [6.07, 6.45) is -4.67. The van der Waals surface area contributed by atoms with Gasteiger partial charge < -0.3 is 54.7 Å².